The Bertz CT molecular complexity index is 1070. The van der Waals surface area contributed by atoms with Crippen molar-refractivity contribution in [2.75, 3.05) is 17.7 Å². The van der Waals surface area contributed by atoms with Gasteiger partial charge in [-0.1, -0.05) is 36.0 Å². The van der Waals surface area contributed by atoms with E-state index in [2.05, 4.69) is 10.3 Å². The fourth-order valence-corrected chi connectivity index (χ4v) is 3.48. The first-order chi connectivity index (χ1) is 14.5. The molecule has 156 valence electrons. The molecule has 0 bridgehead atoms. The number of nitrogens with one attached hydrogen (secondary N) is 1. The smallest absolute Gasteiger partial charge is 0.330 e. The Balaban J connectivity index is 1.59. The summed E-state index contributed by atoms with van der Waals surface area (Å²) in [5, 5.41) is 2.79. The number of carbonyl (C=O) groups is 2. The van der Waals surface area contributed by atoms with Gasteiger partial charge in [0.15, 0.2) is 5.16 Å². The molecule has 3 rings (SSSR count). The van der Waals surface area contributed by atoms with Gasteiger partial charge in [-0.2, -0.15) is 8.78 Å². The minimum absolute atomic E-state index is 0.0689. The molecule has 1 amide bonds. The van der Waals surface area contributed by atoms with Crippen molar-refractivity contribution in [1.29, 1.82) is 0 Å². The van der Waals surface area contributed by atoms with Crippen LogP contribution in [0.1, 0.15) is 19.0 Å². The third kappa shape index (κ3) is 5.44. The second-order valence-electron chi connectivity index (χ2n) is 6.07. The van der Waals surface area contributed by atoms with E-state index in [9.17, 15) is 18.4 Å². The topological polar surface area (TPSA) is 73.2 Å². The van der Waals surface area contributed by atoms with Crippen LogP contribution in [0.5, 0.6) is 0 Å². The second-order valence-corrected chi connectivity index (χ2v) is 7.02. The third-order valence-corrected chi connectivity index (χ3v) is 4.94. The first-order valence-corrected chi connectivity index (χ1v) is 10.1. The number of hydrogen-bond acceptors (Lipinski definition) is 5. The van der Waals surface area contributed by atoms with Gasteiger partial charge in [-0.3, -0.25) is 9.36 Å². The average Bonchev–Trinajstić information content (AvgIpc) is 3.11. The number of anilines is 1. The van der Waals surface area contributed by atoms with Crippen LogP contribution < -0.4 is 5.32 Å². The number of benzene rings is 2. The molecule has 1 heterocycles. The van der Waals surface area contributed by atoms with Crippen LogP contribution in [-0.4, -0.2) is 33.8 Å². The number of thioether (sulfide) groups is 1. The van der Waals surface area contributed by atoms with Gasteiger partial charge in [-0.25, -0.2) is 9.78 Å². The summed E-state index contributed by atoms with van der Waals surface area (Å²) in [5.74, 6) is -0.843. The first-order valence-electron chi connectivity index (χ1n) is 9.10. The van der Waals surface area contributed by atoms with Crippen molar-refractivity contribution in [3.63, 3.8) is 0 Å². The number of halogens is 2. The fraction of sp³-hybridized carbons (Fsp3) is 0.190. The molecule has 0 aliphatic heterocycles. The van der Waals surface area contributed by atoms with E-state index in [-0.39, 0.29) is 16.8 Å². The normalized spacial score (nSPS) is 11.3. The molecule has 0 radical (unpaired) electrons. The molecule has 0 saturated carbocycles. The second kappa shape index (κ2) is 10.0. The number of hydrogen-bond donors (Lipinski definition) is 1. The molecule has 1 aromatic heterocycles. The van der Waals surface area contributed by atoms with Gasteiger partial charge in [-0.15, -0.1) is 0 Å². The molecule has 3 aromatic rings. The van der Waals surface area contributed by atoms with E-state index >= 15 is 0 Å². The summed E-state index contributed by atoms with van der Waals surface area (Å²) >= 11 is 0.945. The van der Waals surface area contributed by atoms with Crippen LogP contribution in [0, 0.1) is 0 Å². The Labute approximate surface area is 175 Å². The van der Waals surface area contributed by atoms with Gasteiger partial charge in [0.1, 0.15) is 0 Å². The van der Waals surface area contributed by atoms with Crippen LogP contribution in [-0.2, 0) is 14.3 Å². The molecule has 0 spiro atoms. The summed E-state index contributed by atoms with van der Waals surface area (Å²) in [4.78, 5) is 27.7. The number of carbonyl (C=O) groups excluding carboxylic acids is 2. The lowest BCUT2D eigenvalue weighted by Gasteiger charge is -2.08. The van der Waals surface area contributed by atoms with Crippen LogP contribution in [0.3, 0.4) is 0 Å². The maximum absolute atomic E-state index is 13.4. The van der Waals surface area contributed by atoms with E-state index in [0.29, 0.717) is 23.3 Å². The van der Waals surface area contributed by atoms with Gasteiger partial charge in [0.2, 0.25) is 5.91 Å². The predicted molar refractivity (Wildman–Crippen MR) is 112 cm³/mol. The van der Waals surface area contributed by atoms with E-state index in [4.69, 9.17) is 4.74 Å². The molecular formula is C21H19F2N3O3S. The molecule has 0 aliphatic carbocycles. The summed E-state index contributed by atoms with van der Waals surface area (Å²) in [7, 11) is 0. The zero-order valence-corrected chi connectivity index (χ0v) is 16.9. The van der Waals surface area contributed by atoms with Crippen LogP contribution >= 0.6 is 11.8 Å². The lowest BCUT2D eigenvalue weighted by Crippen LogP contribution is -2.14. The van der Waals surface area contributed by atoms with E-state index in [1.807, 2.05) is 0 Å². The Morgan fingerprint density at radius 1 is 1.20 bits per heavy atom. The quantitative estimate of drug-likeness (QED) is 0.317. The molecule has 0 atom stereocenters. The number of aromatic nitrogens is 2. The number of rotatable bonds is 8. The van der Waals surface area contributed by atoms with Gasteiger partial charge in [0.25, 0.3) is 0 Å². The predicted octanol–water partition coefficient (Wildman–Crippen LogP) is 4.74. The van der Waals surface area contributed by atoms with Gasteiger partial charge in [0, 0.05) is 11.8 Å². The lowest BCUT2D eigenvalue weighted by atomic mass is 10.2. The summed E-state index contributed by atoms with van der Waals surface area (Å²) in [6.45, 7) is -0.720. The maximum Gasteiger partial charge on any atom is 0.330 e. The van der Waals surface area contributed by atoms with E-state index < -0.39 is 12.5 Å². The molecule has 2 aromatic carbocycles. The van der Waals surface area contributed by atoms with Gasteiger partial charge in [0.05, 0.1) is 23.4 Å². The zero-order chi connectivity index (χ0) is 21.5. The average molecular weight is 431 g/mol. The van der Waals surface area contributed by atoms with E-state index in [1.165, 1.54) is 6.08 Å². The monoisotopic (exact) mass is 431 g/mol. The molecule has 0 unspecified atom stereocenters. The largest absolute Gasteiger partial charge is 0.463 e. The molecule has 0 aliphatic rings. The Morgan fingerprint density at radius 3 is 2.63 bits per heavy atom. The van der Waals surface area contributed by atoms with Crippen LogP contribution in [0.2, 0.25) is 0 Å². The number of alkyl halides is 2. The van der Waals surface area contributed by atoms with Gasteiger partial charge < -0.3 is 10.1 Å². The highest BCUT2D eigenvalue weighted by Crippen LogP contribution is 2.29. The molecule has 1 N–H and O–H groups in total. The Hall–Kier alpha value is -3.20. The van der Waals surface area contributed by atoms with Crippen molar-refractivity contribution < 1.29 is 23.1 Å². The molecule has 6 nitrogen and oxygen atoms in total. The zero-order valence-electron chi connectivity index (χ0n) is 16.0. The highest BCUT2D eigenvalue weighted by Gasteiger charge is 2.18. The van der Waals surface area contributed by atoms with Crippen molar-refractivity contribution in [3.8, 4) is 0 Å². The number of imidazole rings is 1. The Kier molecular flexibility index (Phi) is 7.18. The third-order valence-electron chi connectivity index (χ3n) is 3.98. The van der Waals surface area contributed by atoms with Crippen LogP contribution in [0.25, 0.3) is 17.1 Å². The molecule has 9 heteroatoms. The maximum atomic E-state index is 13.4. The summed E-state index contributed by atoms with van der Waals surface area (Å²) in [6.07, 6.45) is 2.93. The molecule has 0 fully saturated rings. The SMILES string of the molecule is CCOC(=O)/C=C/c1ccc(NC(=O)CSc2nc3ccccc3n2C(F)F)cc1. The first kappa shape index (κ1) is 21.5. The minimum atomic E-state index is -2.75. The fourth-order valence-electron chi connectivity index (χ4n) is 2.67. The molecule has 30 heavy (non-hydrogen) atoms. The van der Waals surface area contributed by atoms with Crippen LogP contribution in [0.15, 0.2) is 59.8 Å². The van der Waals surface area contributed by atoms with Crippen molar-refractivity contribution in [3.05, 3.63) is 60.2 Å². The summed E-state index contributed by atoms with van der Waals surface area (Å²) in [5.41, 5.74) is 2.09. The number of amides is 1. The van der Waals surface area contributed by atoms with E-state index in [0.717, 1.165) is 21.9 Å². The summed E-state index contributed by atoms with van der Waals surface area (Å²) in [6, 6.07) is 13.4. The van der Waals surface area contributed by atoms with Crippen molar-refractivity contribution >= 4 is 46.4 Å². The highest BCUT2D eigenvalue weighted by molar-refractivity contribution is 7.99. The number of ether oxygens (including phenoxy) is 1. The standard InChI is InChI=1S/C21H19F2N3O3S/c1-2-29-19(28)12-9-14-7-10-15(11-8-14)24-18(27)13-30-21-25-16-5-3-4-6-17(16)26(21)20(22)23/h3-12,20H,2,13H2,1H3,(H,24,27)/b12-9+. The minimum Gasteiger partial charge on any atom is -0.463 e. The number of esters is 1. The van der Waals surface area contributed by atoms with E-state index in [1.54, 1.807) is 61.5 Å². The molecular weight excluding hydrogens is 412 g/mol. The summed E-state index contributed by atoms with van der Waals surface area (Å²) < 4.78 is 32.5. The van der Waals surface area contributed by atoms with Crippen molar-refractivity contribution in [2.45, 2.75) is 18.6 Å². The number of nitrogens with zero attached hydrogens (tertiary/aromatic N) is 2. The van der Waals surface area contributed by atoms with Gasteiger partial charge in [-0.05, 0) is 42.8 Å². The molecule has 0 saturated heterocycles. The Morgan fingerprint density at radius 2 is 1.93 bits per heavy atom. The van der Waals surface area contributed by atoms with Gasteiger partial charge >= 0.3 is 12.5 Å². The number of para-hydroxylation sites is 2. The van der Waals surface area contributed by atoms with Crippen LogP contribution in [0.4, 0.5) is 14.5 Å². The highest BCUT2D eigenvalue weighted by atomic mass is 32.2. The lowest BCUT2D eigenvalue weighted by molar-refractivity contribution is -0.137. The van der Waals surface area contributed by atoms with Crippen molar-refractivity contribution in [2.24, 2.45) is 0 Å². The van der Waals surface area contributed by atoms with Crippen molar-refractivity contribution in [1.82, 2.24) is 9.55 Å². The number of fused-ring (bicyclic) bond motifs is 1.